The zero-order valence-electron chi connectivity index (χ0n) is 16.0. The van der Waals surface area contributed by atoms with Crippen LogP contribution in [0.25, 0.3) is 0 Å². The van der Waals surface area contributed by atoms with E-state index in [9.17, 15) is 0 Å². The lowest BCUT2D eigenvalue weighted by Gasteiger charge is -2.25. The lowest BCUT2D eigenvalue weighted by atomic mass is 10.2. The van der Waals surface area contributed by atoms with E-state index in [0.29, 0.717) is 6.04 Å². The lowest BCUT2D eigenvalue weighted by molar-refractivity contribution is 0.255. The minimum atomic E-state index is 0.386. The molecule has 0 aromatic carbocycles. The van der Waals surface area contributed by atoms with Crippen molar-refractivity contribution in [1.29, 1.82) is 0 Å². The number of guanidine groups is 1. The molecule has 0 radical (unpaired) electrons. The number of nitrogens with zero attached hydrogens (tertiary/aromatic N) is 2. The Labute approximate surface area is 170 Å². The minimum absolute atomic E-state index is 0.386. The average Bonchev–Trinajstić information content (AvgIpc) is 3.45. The maximum atomic E-state index is 5.42. The van der Waals surface area contributed by atoms with Crippen LogP contribution in [0.2, 0.25) is 0 Å². The summed E-state index contributed by atoms with van der Waals surface area (Å²) < 4.78 is 5.42. The summed E-state index contributed by atoms with van der Waals surface area (Å²) in [6, 6.07) is 8.72. The van der Waals surface area contributed by atoms with Gasteiger partial charge in [-0.3, -0.25) is 9.89 Å². The third kappa shape index (κ3) is 6.59. The standard InChI is InChI=1S/C20H30N4OS2/c1-26-15-10-22-20(21-9-8-17-6-4-13-25-17)23-16-18(19-7-5-14-27-19)24-11-2-3-12-24/h4-7,13-14,18H,2-3,8-12,15-16H2,1H3,(H2,21,22,23). The summed E-state index contributed by atoms with van der Waals surface area (Å²) in [6.45, 7) is 4.88. The second-order valence-electron chi connectivity index (χ2n) is 6.64. The van der Waals surface area contributed by atoms with Crippen molar-refractivity contribution in [1.82, 2.24) is 15.5 Å². The first-order valence-corrected chi connectivity index (χ1v) is 11.9. The highest BCUT2D eigenvalue weighted by Crippen LogP contribution is 2.28. The largest absolute Gasteiger partial charge is 0.469 e. The maximum absolute atomic E-state index is 5.42. The van der Waals surface area contributed by atoms with Crippen molar-refractivity contribution in [2.75, 3.05) is 44.7 Å². The molecule has 1 atom stereocenters. The molecule has 0 bridgehead atoms. The molecule has 1 unspecified atom stereocenters. The second kappa shape index (κ2) is 11.4. The number of nitrogens with one attached hydrogen (secondary N) is 2. The summed E-state index contributed by atoms with van der Waals surface area (Å²) in [4.78, 5) is 8.93. The third-order valence-corrected chi connectivity index (χ3v) is 6.30. The van der Waals surface area contributed by atoms with E-state index >= 15 is 0 Å². The van der Waals surface area contributed by atoms with Gasteiger partial charge in [0.05, 0.1) is 18.8 Å². The van der Waals surface area contributed by atoms with Crippen molar-refractivity contribution in [3.05, 3.63) is 46.5 Å². The monoisotopic (exact) mass is 406 g/mol. The van der Waals surface area contributed by atoms with E-state index in [2.05, 4.69) is 39.3 Å². The zero-order valence-corrected chi connectivity index (χ0v) is 17.7. The number of furan rings is 1. The Morgan fingerprint density at radius 3 is 2.81 bits per heavy atom. The van der Waals surface area contributed by atoms with E-state index in [1.165, 1.54) is 30.8 Å². The SMILES string of the molecule is CSCCNC(=NCC(c1cccs1)N1CCCC1)NCCc1ccco1. The number of thioether (sulfide) groups is 1. The van der Waals surface area contributed by atoms with E-state index in [1.54, 1.807) is 6.26 Å². The highest BCUT2D eigenvalue weighted by molar-refractivity contribution is 7.98. The molecular weight excluding hydrogens is 376 g/mol. The normalized spacial score (nSPS) is 16.6. The number of hydrogen-bond acceptors (Lipinski definition) is 5. The molecule has 2 aromatic heterocycles. The van der Waals surface area contributed by atoms with Gasteiger partial charge in [0.1, 0.15) is 5.76 Å². The predicted molar refractivity (Wildman–Crippen MR) is 117 cm³/mol. The molecule has 5 nitrogen and oxygen atoms in total. The van der Waals surface area contributed by atoms with E-state index in [-0.39, 0.29) is 0 Å². The number of hydrogen-bond donors (Lipinski definition) is 2. The van der Waals surface area contributed by atoms with Gasteiger partial charge in [0.2, 0.25) is 0 Å². The highest BCUT2D eigenvalue weighted by Gasteiger charge is 2.24. The molecule has 2 N–H and O–H groups in total. The summed E-state index contributed by atoms with van der Waals surface area (Å²) in [6.07, 6.45) is 7.31. The Kier molecular flexibility index (Phi) is 8.58. The zero-order chi connectivity index (χ0) is 18.7. The molecule has 3 heterocycles. The van der Waals surface area contributed by atoms with Gasteiger partial charge in [-0.05, 0) is 55.8 Å². The minimum Gasteiger partial charge on any atom is -0.469 e. The fourth-order valence-electron chi connectivity index (χ4n) is 3.30. The first kappa shape index (κ1) is 20.3. The van der Waals surface area contributed by atoms with Gasteiger partial charge in [-0.25, -0.2) is 0 Å². The fraction of sp³-hybridized carbons (Fsp3) is 0.550. The van der Waals surface area contributed by atoms with Gasteiger partial charge in [-0.15, -0.1) is 11.3 Å². The molecule has 0 aliphatic carbocycles. The van der Waals surface area contributed by atoms with E-state index in [1.807, 2.05) is 35.2 Å². The first-order valence-electron chi connectivity index (χ1n) is 9.68. The highest BCUT2D eigenvalue weighted by atomic mass is 32.2. The first-order chi connectivity index (χ1) is 13.4. The molecule has 148 valence electrons. The van der Waals surface area contributed by atoms with Gasteiger partial charge in [0.15, 0.2) is 5.96 Å². The second-order valence-corrected chi connectivity index (χ2v) is 8.60. The fourth-order valence-corrected chi connectivity index (χ4v) is 4.46. The Morgan fingerprint density at radius 2 is 2.11 bits per heavy atom. The van der Waals surface area contributed by atoms with E-state index < -0.39 is 0 Å². The van der Waals surface area contributed by atoms with Gasteiger partial charge in [-0.1, -0.05) is 6.07 Å². The summed E-state index contributed by atoms with van der Waals surface area (Å²) in [5.74, 6) is 2.97. The summed E-state index contributed by atoms with van der Waals surface area (Å²) in [5.41, 5.74) is 0. The van der Waals surface area contributed by atoms with Crippen LogP contribution in [0.5, 0.6) is 0 Å². The number of likely N-dealkylation sites (tertiary alicyclic amines) is 1. The van der Waals surface area contributed by atoms with Crippen LogP contribution in [0, 0.1) is 0 Å². The molecule has 2 aromatic rings. The van der Waals surface area contributed by atoms with E-state index in [4.69, 9.17) is 9.41 Å². The van der Waals surface area contributed by atoms with Crippen LogP contribution in [-0.4, -0.2) is 55.6 Å². The van der Waals surface area contributed by atoms with Crippen LogP contribution in [-0.2, 0) is 6.42 Å². The Morgan fingerprint density at radius 1 is 1.26 bits per heavy atom. The van der Waals surface area contributed by atoms with Crippen LogP contribution >= 0.6 is 23.1 Å². The van der Waals surface area contributed by atoms with Crippen molar-refractivity contribution < 1.29 is 4.42 Å². The number of thiophene rings is 1. The van der Waals surface area contributed by atoms with Crippen LogP contribution < -0.4 is 10.6 Å². The van der Waals surface area contributed by atoms with Gasteiger partial charge >= 0.3 is 0 Å². The Balaban J connectivity index is 1.60. The summed E-state index contributed by atoms with van der Waals surface area (Å²) in [5, 5.41) is 9.10. The molecule has 0 spiro atoms. The molecule has 1 aliphatic rings. The predicted octanol–water partition coefficient (Wildman–Crippen LogP) is 3.62. The summed E-state index contributed by atoms with van der Waals surface area (Å²) in [7, 11) is 0. The maximum Gasteiger partial charge on any atom is 0.191 e. The number of aliphatic imine (C=N–C) groups is 1. The molecule has 0 amide bonds. The Bertz CT molecular complexity index is 652. The van der Waals surface area contributed by atoms with Crippen LogP contribution in [0.15, 0.2) is 45.3 Å². The van der Waals surface area contributed by atoms with Crippen molar-refractivity contribution in [3.63, 3.8) is 0 Å². The van der Waals surface area contributed by atoms with Gasteiger partial charge in [0.25, 0.3) is 0 Å². The molecule has 3 rings (SSSR count). The van der Waals surface area contributed by atoms with Crippen molar-refractivity contribution in [3.8, 4) is 0 Å². The molecule has 1 aliphatic heterocycles. The lowest BCUT2D eigenvalue weighted by Crippen LogP contribution is -2.40. The molecular formula is C20H30N4OS2. The van der Waals surface area contributed by atoms with Gasteiger partial charge < -0.3 is 15.1 Å². The third-order valence-electron chi connectivity index (χ3n) is 4.72. The van der Waals surface area contributed by atoms with Crippen molar-refractivity contribution >= 4 is 29.1 Å². The summed E-state index contributed by atoms with van der Waals surface area (Å²) >= 11 is 3.68. The molecule has 27 heavy (non-hydrogen) atoms. The van der Waals surface area contributed by atoms with Crippen LogP contribution in [0.4, 0.5) is 0 Å². The van der Waals surface area contributed by atoms with E-state index in [0.717, 1.165) is 43.5 Å². The van der Waals surface area contributed by atoms with Crippen LogP contribution in [0.3, 0.4) is 0 Å². The topological polar surface area (TPSA) is 52.8 Å². The molecule has 7 heteroatoms. The molecule has 1 saturated heterocycles. The smallest absolute Gasteiger partial charge is 0.191 e. The molecule has 1 fully saturated rings. The van der Waals surface area contributed by atoms with Gasteiger partial charge in [0, 0.05) is 30.1 Å². The van der Waals surface area contributed by atoms with Crippen molar-refractivity contribution in [2.45, 2.75) is 25.3 Å². The van der Waals surface area contributed by atoms with Crippen molar-refractivity contribution in [2.24, 2.45) is 4.99 Å². The van der Waals surface area contributed by atoms with Gasteiger partial charge in [-0.2, -0.15) is 11.8 Å². The quantitative estimate of drug-likeness (QED) is 0.359. The average molecular weight is 407 g/mol. The van der Waals surface area contributed by atoms with Crippen LogP contribution in [0.1, 0.15) is 29.5 Å². The molecule has 0 saturated carbocycles. The number of rotatable bonds is 10. The Hall–Kier alpha value is -1.44.